The number of amides is 1. The number of aliphatic hydroxyl groups is 2. The molecule has 1 rings (SSSR count). The van der Waals surface area contributed by atoms with Gasteiger partial charge in [0.2, 0.25) is 5.91 Å². The van der Waals surface area contributed by atoms with E-state index in [9.17, 15) is 15.0 Å². The Kier molecular flexibility index (Phi) is 4.88. The van der Waals surface area contributed by atoms with Gasteiger partial charge in [-0.05, 0) is 17.0 Å². The van der Waals surface area contributed by atoms with Crippen LogP contribution in [0.5, 0.6) is 0 Å². The molecule has 0 aromatic carbocycles. The fourth-order valence-corrected chi connectivity index (χ4v) is 2.20. The molecule has 1 amide bonds. The van der Waals surface area contributed by atoms with E-state index in [1.165, 1.54) is 11.3 Å². The quantitative estimate of drug-likeness (QED) is 0.665. The predicted molar refractivity (Wildman–Crippen MR) is 59.8 cm³/mol. The van der Waals surface area contributed by atoms with Crippen LogP contribution in [0.15, 0.2) is 11.4 Å². The van der Waals surface area contributed by atoms with Crippen molar-refractivity contribution < 1.29 is 19.7 Å². The van der Waals surface area contributed by atoms with Crippen molar-refractivity contribution in [1.29, 1.82) is 0 Å². The number of methoxy groups -OCH3 is 1. The molecular formula is C10H15NO4S. The van der Waals surface area contributed by atoms with Crippen molar-refractivity contribution >= 4 is 17.2 Å². The van der Waals surface area contributed by atoms with Crippen molar-refractivity contribution in [2.75, 3.05) is 7.11 Å². The Balaban J connectivity index is 2.64. The number of thiophene rings is 1. The minimum atomic E-state index is -1.16. The van der Waals surface area contributed by atoms with Gasteiger partial charge in [0.15, 0.2) is 0 Å². The van der Waals surface area contributed by atoms with Gasteiger partial charge in [-0.1, -0.05) is 0 Å². The zero-order valence-corrected chi connectivity index (χ0v) is 9.74. The Morgan fingerprint density at radius 1 is 1.62 bits per heavy atom. The van der Waals surface area contributed by atoms with Crippen LogP contribution in [-0.2, 0) is 16.1 Å². The van der Waals surface area contributed by atoms with Crippen LogP contribution < -0.4 is 5.73 Å². The fraction of sp³-hybridized carbons (Fsp3) is 0.500. The van der Waals surface area contributed by atoms with E-state index in [4.69, 9.17) is 10.5 Å². The number of ether oxygens (including phenoxy) is 1. The van der Waals surface area contributed by atoms with Crippen molar-refractivity contribution in [1.82, 2.24) is 0 Å². The van der Waals surface area contributed by atoms with Crippen LogP contribution in [0.1, 0.15) is 23.0 Å². The van der Waals surface area contributed by atoms with E-state index in [-0.39, 0.29) is 6.42 Å². The van der Waals surface area contributed by atoms with Crippen molar-refractivity contribution in [3.63, 3.8) is 0 Å². The van der Waals surface area contributed by atoms with Crippen LogP contribution in [0.2, 0.25) is 0 Å². The van der Waals surface area contributed by atoms with E-state index in [0.717, 1.165) is 4.88 Å². The van der Waals surface area contributed by atoms with Gasteiger partial charge in [0.25, 0.3) is 0 Å². The van der Waals surface area contributed by atoms with Crippen molar-refractivity contribution in [3.8, 4) is 0 Å². The molecule has 0 radical (unpaired) electrons. The summed E-state index contributed by atoms with van der Waals surface area (Å²) in [6.07, 6.45) is -2.51. The number of hydrogen-bond donors (Lipinski definition) is 3. The average Bonchev–Trinajstić information content (AvgIpc) is 2.64. The summed E-state index contributed by atoms with van der Waals surface area (Å²) in [7, 11) is 1.58. The minimum absolute atomic E-state index is 0.253. The summed E-state index contributed by atoms with van der Waals surface area (Å²) in [5.74, 6) is -0.640. The Morgan fingerprint density at radius 2 is 2.31 bits per heavy atom. The monoisotopic (exact) mass is 245 g/mol. The number of rotatable bonds is 6. The van der Waals surface area contributed by atoms with Crippen LogP contribution in [0.4, 0.5) is 0 Å². The third-order valence-corrected chi connectivity index (χ3v) is 3.01. The summed E-state index contributed by atoms with van der Waals surface area (Å²) >= 11 is 1.43. The van der Waals surface area contributed by atoms with Gasteiger partial charge < -0.3 is 20.7 Å². The van der Waals surface area contributed by atoms with Gasteiger partial charge in [0.05, 0.1) is 19.1 Å². The van der Waals surface area contributed by atoms with E-state index in [1.54, 1.807) is 18.6 Å². The number of nitrogens with two attached hydrogens (primary N) is 1. The lowest BCUT2D eigenvalue weighted by Gasteiger charge is -2.14. The molecule has 2 atom stereocenters. The molecule has 0 bridgehead atoms. The Hall–Kier alpha value is -0.950. The second kappa shape index (κ2) is 5.95. The largest absolute Gasteiger partial charge is 0.390 e. The highest BCUT2D eigenvalue weighted by molar-refractivity contribution is 7.10. The molecule has 0 spiro atoms. The van der Waals surface area contributed by atoms with Crippen LogP contribution in [-0.4, -0.2) is 29.3 Å². The maximum absolute atomic E-state index is 10.6. The van der Waals surface area contributed by atoms with Gasteiger partial charge >= 0.3 is 0 Å². The summed E-state index contributed by atoms with van der Waals surface area (Å²) < 4.78 is 4.94. The minimum Gasteiger partial charge on any atom is -0.390 e. The zero-order chi connectivity index (χ0) is 12.1. The highest BCUT2D eigenvalue weighted by atomic mass is 32.1. The van der Waals surface area contributed by atoms with E-state index in [2.05, 4.69) is 0 Å². The molecule has 16 heavy (non-hydrogen) atoms. The van der Waals surface area contributed by atoms with E-state index in [1.807, 2.05) is 0 Å². The molecule has 1 aromatic rings. The summed E-state index contributed by atoms with van der Waals surface area (Å²) in [5, 5.41) is 21.0. The summed E-state index contributed by atoms with van der Waals surface area (Å²) in [6, 6.07) is 1.74. The Bertz CT molecular complexity index is 352. The second-order valence-corrected chi connectivity index (χ2v) is 4.46. The number of hydrogen-bond acceptors (Lipinski definition) is 5. The Labute approximate surface area is 97.5 Å². The molecule has 4 N–H and O–H groups in total. The van der Waals surface area contributed by atoms with Crippen LogP contribution in [0.3, 0.4) is 0 Å². The zero-order valence-electron chi connectivity index (χ0n) is 8.92. The average molecular weight is 245 g/mol. The SMILES string of the molecule is COCc1cc(C(O)C(O)CC(N)=O)cs1. The van der Waals surface area contributed by atoms with Gasteiger partial charge in [0.1, 0.15) is 6.10 Å². The van der Waals surface area contributed by atoms with Gasteiger partial charge in [-0.15, -0.1) is 11.3 Å². The molecule has 90 valence electrons. The van der Waals surface area contributed by atoms with Gasteiger partial charge in [-0.3, -0.25) is 4.79 Å². The van der Waals surface area contributed by atoms with Crippen LogP contribution in [0.25, 0.3) is 0 Å². The molecule has 5 nitrogen and oxygen atoms in total. The van der Waals surface area contributed by atoms with E-state index < -0.39 is 18.1 Å². The summed E-state index contributed by atoms with van der Waals surface area (Å²) in [6.45, 7) is 0.462. The standard InChI is InChI=1S/C10H15NO4S/c1-15-4-7-2-6(5-16-7)10(14)8(12)3-9(11)13/h2,5,8,10,12,14H,3-4H2,1H3,(H2,11,13). The van der Waals surface area contributed by atoms with Crippen molar-refractivity contribution in [2.45, 2.75) is 25.2 Å². The van der Waals surface area contributed by atoms with Crippen molar-refractivity contribution in [2.24, 2.45) is 5.73 Å². The first kappa shape index (κ1) is 13.1. The lowest BCUT2D eigenvalue weighted by Crippen LogP contribution is -2.25. The molecule has 6 heteroatoms. The van der Waals surface area contributed by atoms with Gasteiger partial charge in [-0.25, -0.2) is 0 Å². The number of aliphatic hydroxyl groups excluding tert-OH is 2. The predicted octanol–water partition coefficient (Wildman–Crippen LogP) is 0.164. The third-order valence-electron chi connectivity index (χ3n) is 2.08. The van der Waals surface area contributed by atoms with Crippen molar-refractivity contribution in [3.05, 3.63) is 21.9 Å². The first-order valence-corrected chi connectivity index (χ1v) is 5.63. The second-order valence-electron chi connectivity index (χ2n) is 3.46. The first-order chi connectivity index (χ1) is 7.54. The molecular weight excluding hydrogens is 230 g/mol. The molecule has 0 saturated heterocycles. The highest BCUT2D eigenvalue weighted by Crippen LogP contribution is 2.24. The van der Waals surface area contributed by atoms with E-state index in [0.29, 0.717) is 12.2 Å². The lowest BCUT2D eigenvalue weighted by molar-refractivity contribution is -0.121. The lowest BCUT2D eigenvalue weighted by atomic mass is 10.0. The first-order valence-electron chi connectivity index (χ1n) is 4.75. The molecule has 0 aliphatic heterocycles. The summed E-state index contributed by atoms with van der Waals surface area (Å²) in [5.41, 5.74) is 5.51. The molecule has 0 aliphatic rings. The van der Waals surface area contributed by atoms with Gasteiger partial charge in [-0.2, -0.15) is 0 Å². The fourth-order valence-electron chi connectivity index (χ4n) is 1.31. The molecule has 0 saturated carbocycles. The number of primary amides is 1. The Morgan fingerprint density at radius 3 is 2.88 bits per heavy atom. The number of carbonyl (C=O) groups excluding carboxylic acids is 1. The summed E-state index contributed by atoms with van der Waals surface area (Å²) in [4.78, 5) is 11.5. The topological polar surface area (TPSA) is 92.8 Å². The highest BCUT2D eigenvalue weighted by Gasteiger charge is 2.21. The maximum Gasteiger partial charge on any atom is 0.220 e. The molecule has 0 fully saturated rings. The number of carbonyl (C=O) groups is 1. The van der Waals surface area contributed by atoms with Gasteiger partial charge in [0, 0.05) is 12.0 Å². The smallest absolute Gasteiger partial charge is 0.220 e. The molecule has 1 aromatic heterocycles. The molecule has 2 unspecified atom stereocenters. The third kappa shape index (κ3) is 3.57. The molecule has 1 heterocycles. The van der Waals surface area contributed by atoms with E-state index >= 15 is 0 Å². The maximum atomic E-state index is 10.6. The van der Waals surface area contributed by atoms with Crippen LogP contribution in [0, 0.1) is 0 Å². The molecule has 0 aliphatic carbocycles. The normalized spacial score (nSPS) is 14.7. The van der Waals surface area contributed by atoms with Crippen LogP contribution >= 0.6 is 11.3 Å².